The first-order valence-electron chi connectivity index (χ1n) is 7.58. The van der Waals surface area contributed by atoms with Crippen molar-refractivity contribution in [3.05, 3.63) is 42.5 Å². The van der Waals surface area contributed by atoms with Gasteiger partial charge in [-0.25, -0.2) is 4.79 Å². The molecule has 2 aromatic carbocycles. The monoisotopic (exact) mass is 300 g/mol. The number of amides is 2. The van der Waals surface area contributed by atoms with Gasteiger partial charge in [0.25, 0.3) is 0 Å². The van der Waals surface area contributed by atoms with Crippen molar-refractivity contribution in [3.8, 4) is 0 Å². The van der Waals surface area contributed by atoms with Crippen LogP contribution in [0.2, 0.25) is 0 Å². The number of fused-ring (bicyclic) bond motifs is 1. The fourth-order valence-electron chi connectivity index (χ4n) is 2.69. The number of hydrogen-bond donors (Lipinski definition) is 3. The number of anilines is 1. The van der Waals surface area contributed by atoms with E-state index in [4.69, 9.17) is 0 Å². The number of aliphatic hydroxyl groups excluding tert-OH is 1. The molecule has 0 aliphatic rings. The molecule has 0 heterocycles. The molecule has 0 aliphatic carbocycles. The molecule has 118 valence electrons. The quantitative estimate of drug-likeness (QED) is 0.787. The lowest BCUT2D eigenvalue weighted by molar-refractivity contribution is 0.129. The summed E-state index contributed by atoms with van der Waals surface area (Å²) < 4.78 is 0. The van der Waals surface area contributed by atoms with Crippen LogP contribution in [0.25, 0.3) is 10.8 Å². The Kier molecular flexibility index (Phi) is 5.03. The summed E-state index contributed by atoms with van der Waals surface area (Å²) in [4.78, 5) is 12.1. The molecular formula is C18H24N2O2. The molecule has 4 heteroatoms. The Morgan fingerprint density at radius 1 is 1.18 bits per heavy atom. The molecule has 0 aliphatic heterocycles. The second kappa shape index (κ2) is 6.79. The van der Waals surface area contributed by atoms with Crippen LogP contribution in [0.3, 0.4) is 0 Å². The molecule has 2 amide bonds. The normalized spacial score (nSPS) is 12.9. The van der Waals surface area contributed by atoms with Crippen molar-refractivity contribution in [2.45, 2.75) is 33.3 Å². The van der Waals surface area contributed by atoms with Crippen molar-refractivity contribution in [3.63, 3.8) is 0 Å². The van der Waals surface area contributed by atoms with E-state index in [2.05, 4.69) is 10.6 Å². The van der Waals surface area contributed by atoms with E-state index >= 15 is 0 Å². The molecule has 0 saturated heterocycles. The lowest BCUT2D eigenvalue weighted by Crippen LogP contribution is -2.38. The summed E-state index contributed by atoms with van der Waals surface area (Å²) in [6.45, 7) is 6.32. The zero-order valence-corrected chi connectivity index (χ0v) is 13.4. The summed E-state index contributed by atoms with van der Waals surface area (Å²) in [6.07, 6.45) is 0.264. The van der Waals surface area contributed by atoms with Gasteiger partial charge in [0, 0.05) is 11.9 Å². The zero-order valence-electron chi connectivity index (χ0n) is 13.4. The first-order valence-corrected chi connectivity index (χ1v) is 7.58. The second-order valence-corrected chi connectivity index (χ2v) is 6.55. The van der Waals surface area contributed by atoms with Crippen LogP contribution < -0.4 is 10.6 Å². The minimum absolute atomic E-state index is 0.149. The van der Waals surface area contributed by atoms with E-state index in [0.717, 1.165) is 16.5 Å². The highest BCUT2D eigenvalue weighted by molar-refractivity contribution is 6.01. The van der Waals surface area contributed by atoms with Crippen molar-refractivity contribution in [1.82, 2.24) is 5.32 Å². The van der Waals surface area contributed by atoms with Crippen molar-refractivity contribution in [1.29, 1.82) is 0 Å². The van der Waals surface area contributed by atoms with Gasteiger partial charge >= 0.3 is 6.03 Å². The van der Waals surface area contributed by atoms with Gasteiger partial charge in [-0.3, -0.25) is 0 Å². The van der Waals surface area contributed by atoms with Gasteiger partial charge in [-0.15, -0.1) is 0 Å². The molecule has 0 aromatic heterocycles. The molecule has 0 spiro atoms. The summed E-state index contributed by atoms with van der Waals surface area (Å²) in [5, 5.41) is 17.4. The molecule has 1 atom stereocenters. The van der Waals surface area contributed by atoms with Crippen LogP contribution in [0, 0.1) is 5.41 Å². The van der Waals surface area contributed by atoms with Crippen LogP contribution >= 0.6 is 0 Å². The molecule has 0 fully saturated rings. The summed E-state index contributed by atoms with van der Waals surface area (Å²) >= 11 is 0. The molecule has 22 heavy (non-hydrogen) atoms. The summed E-state index contributed by atoms with van der Waals surface area (Å²) in [5.41, 5.74) is 0.647. The number of benzene rings is 2. The highest BCUT2D eigenvalue weighted by Crippen LogP contribution is 2.23. The van der Waals surface area contributed by atoms with Crippen molar-refractivity contribution in [2.75, 3.05) is 11.9 Å². The SMILES string of the molecule is CC(O)CC(C)(C)CNC(=O)Nc1cccc2ccccc12. The van der Waals surface area contributed by atoms with E-state index in [9.17, 15) is 9.90 Å². The van der Waals surface area contributed by atoms with Crippen LogP contribution in [0.5, 0.6) is 0 Å². The number of urea groups is 1. The number of carbonyl (C=O) groups is 1. The molecule has 0 saturated carbocycles. The Hall–Kier alpha value is -2.07. The molecule has 0 radical (unpaired) electrons. The standard InChI is InChI=1S/C18H24N2O2/c1-13(21)11-18(2,3)12-19-17(22)20-16-10-6-8-14-7-4-5-9-15(14)16/h4-10,13,21H,11-12H2,1-3H3,(H2,19,20,22). The minimum Gasteiger partial charge on any atom is -0.393 e. The molecule has 1 unspecified atom stereocenters. The van der Waals surface area contributed by atoms with Crippen molar-refractivity contribution >= 4 is 22.5 Å². The van der Waals surface area contributed by atoms with E-state index in [-0.39, 0.29) is 17.6 Å². The van der Waals surface area contributed by atoms with Gasteiger partial charge in [-0.1, -0.05) is 50.2 Å². The molecule has 4 nitrogen and oxygen atoms in total. The van der Waals surface area contributed by atoms with Gasteiger partial charge in [0.1, 0.15) is 0 Å². The summed E-state index contributed by atoms with van der Waals surface area (Å²) in [5.74, 6) is 0. The van der Waals surface area contributed by atoms with E-state index in [1.165, 1.54) is 0 Å². The maximum absolute atomic E-state index is 12.1. The smallest absolute Gasteiger partial charge is 0.319 e. The second-order valence-electron chi connectivity index (χ2n) is 6.55. The average molecular weight is 300 g/mol. The lowest BCUT2D eigenvalue weighted by atomic mass is 9.87. The van der Waals surface area contributed by atoms with Crippen LogP contribution in [0.4, 0.5) is 10.5 Å². The topological polar surface area (TPSA) is 61.4 Å². The number of aliphatic hydroxyl groups is 1. The van der Waals surface area contributed by atoms with Gasteiger partial charge in [-0.05, 0) is 30.2 Å². The van der Waals surface area contributed by atoms with Crippen molar-refractivity contribution in [2.24, 2.45) is 5.41 Å². The molecular weight excluding hydrogens is 276 g/mol. The van der Waals surface area contributed by atoms with Crippen LogP contribution in [-0.4, -0.2) is 23.8 Å². The van der Waals surface area contributed by atoms with Gasteiger partial charge in [0.2, 0.25) is 0 Å². The average Bonchev–Trinajstić information content (AvgIpc) is 2.44. The molecule has 0 bridgehead atoms. The molecule has 2 aromatic rings. The number of nitrogens with one attached hydrogen (secondary N) is 2. The third-order valence-electron chi connectivity index (χ3n) is 3.61. The fourth-order valence-corrected chi connectivity index (χ4v) is 2.69. The maximum atomic E-state index is 12.1. The Morgan fingerprint density at radius 2 is 1.86 bits per heavy atom. The first kappa shape index (κ1) is 16.3. The number of rotatable bonds is 5. The van der Waals surface area contributed by atoms with Crippen LogP contribution in [-0.2, 0) is 0 Å². The van der Waals surface area contributed by atoms with E-state index in [1.807, 2.05) is 56.3 Å². The Morgan fingerprint density at radius 3 is 2.59 bits per heavy atom. The van der Waals surface area contributed by atoms with Crippen LogP contribution in [0.1, 0.15) is 27.2 Å². The van der Waals surface area contributed by atoms with Gasteiger partial charge < -0.3 is 15.7 Å². The predicted octanol–water partition coefficient (Wildman–Crippen LogP) is 3.76. The predicted molar refractivity (Wildman–Crippen MR) is 91.0 cm³/mol. The first-order chi connectivity index (χ1) is 10.4. The maximum Gasteiger partial charge on any atom is 0.319 e. The largest absolute Gasteiger partial charge is 0.393 e. The zero-order chi connectivity index (χ0) is 16.2. The molecule has 3 N–H and O–H groups in total. The highest BCUT2D eigenvalue weighted by atomic mass is 16.3. The lowest BCUT2D eigenvalue weighted by Gasteiger charge is -2.26. The van der Waals surface area contributed by atoms with Crippen molar-refractivity contribution < 1.29 is 9.90 Å². The van der Waals surface area contributed by atoms with E-state index in [1.54, 1.807) is 6.92 Å². The van der Waals surface area contributed by atoms with Gasteiger partial charge in [0.15, 0.2) is 0 Å². The number of carbonyl (C=O) groups excluding carboxylic acids is 1. The van der Waals surface area contributed by atoms with Gasteiger partial charge in [0.05, 0.1) is 11.8 Å². The van der Waals surface area contributed by atoms with Gasteiger partial charge in [-0.2, -0.15) is 0 Å². The highest BCUT2D eigenvalue weighted by Gasteiger charge is 2.21. The Balaban J connectivity index is 2.00. The third kappa shape index (κ3) is 4.46. The minimum atomic E-state index is -0.377. The Labute approximate surface area is 131 Å². The number of hydrogen-bond acceptors (Lipinski definition) is 2. The summed E-state index contributed by atoms with van der Waals surface area (Å²) in [7, 11) is 0. The third-order valence-corrected chi connectivity index (χ3v) is 3.61. The summed E-state index contributed by atoms with van der Waals surface area (Å²) in [6, 6.07) is 13.5. The Bertz CT molecular complexity index is 645. The van der Waals surface area contributed by atoms with E-state index < -0.39 is 0 Å². The van der Waals surface area contributed by atoms with Crippen LogP contribution in [0.15, 0.2) is 42.5 Å². The fraction of sp³-hybridized carbons (Fsp3) is 0.389. The molecule has 2 rings (SSSR count). The van der Waals surface area contributed by atoms with E-state index in [0.29, 0.717) is 13.0 Å².